The van der Waals surface area contributed by atoms with E-state index in [1.165, 1.54) is 5.57 Å². The Bertz CT molecular complexity index is 236. The third-order valence-electron chi connectivity index (χ3n) is 2.08. The molecule has 1 aliphatic carbocycles. The van der Waals surface area contributed by atoms with Crippen LogP contribution in [0.3, 0.4) is 0 Å². The van der Waals surface area contributed by atoms with Crippen molar-refractivity contribution in [2.75, 3.05) is 0 Å². The molecule has 2 heteroatoms. The quantitative estimate of drug-likeness (QED) is 0.436. The smallest absolute Gasteiger partial charge is 0.122 e. The molecule has 1 aliphatic rings. The fourth-order valence-corrected chi connectivity index (χ4v) is 1.54. The Balaban J connectivity index is 3.01. The molecule has 0 fully saturated rings. The van der Waals surface area contributed by atoms with Crippen molar-refractivity contribution in [3.8, 4) is 0 Å². The third kappa shape index (κ3) is 1.50. The van der Waals surface area contributed by atoms with Crippen LogP contribution in [-0.4, -0.2) is 5.84 Å². The second-order valence-corrected chi connectivity index (χ2v) is 3.03. The number of hydrogen-bond donors (Lipinski definition) is 2. The summed E-state index contributed by atoms with van der Waals surface area (Å²) in [6, 6.07) is 0. The Morgan fingerprint density at radius 3 is 2.55 bits per heavy atom. The molecule has 2 nitrogen and oxygen atoms in total. The largest absolute Gasteiger partial charge is 0.384 e. The van der Waals surface area contributed by atoms with E-state index < -0.39 is 0 Å². The zero-order valence-corrected chi connectivity index (χ0v) is 6.91. The maximum Gasteiger partial charge on any atom is 0.122 e. The maximum absolute atomic E-state index is 7.31. The molecule has 0 atom stereocenters. The van der Waals surface area contributed by atoms with Gasteiger partial charge in [-0.1, -0.05) is 12.2 Å². The SMILES string of the molecule is C=C1CCCC(C)=C1C(=N)N. The van der Waals surface area contributed by atoms with Crippen molar-refractivity contribution < 1.29 is 0 Å². The second-order valence-electron chi connectivity index (χ2n) is 3.03. The average Bonchev–Trinajstić information content (AvgIpc) is 1.85. The zero-order valence-electron chi connectivity index (χ0n) is 6.91. The summed E-state index contributed by atoms with van der Waals surface area (Å²) in [5, 5.41) is 7.31. The molecule has 0 aliphatic heterocycles. The number of allylic oxidation sites excluding steroid dienone is 1. The van der Waals surface area contributed by atoms with Crippen LogP contribution in [0.1, 0.15) is 26.2 Å². The predicted molar refractivity (Wildman–Crippen MR) is 47.6 cm³/mol. The van der Waals surface area contributed by atoms with Crippen molar-refractivity contribution in [2.24, 2.45) is 5.73 Å². The minimum atomic E-state index is 0.173. The Kier molecular flexibility index (Phi) is 2.13. The van der Waals surface area contributed by atoms with Gasteiger partial charge in [0.2, 0.25) is 0 Å². The van der Waals surface area contributed by atoms with Gasteiger partial charge in [-0.05, 0) is 31.8 Å². The standard InChI is InChI=1S/C9H14N2/c1-6-4-3-5-7(2)8(6)9(10)11/h1,3-5H2,2H3,(H3,10,11). The minimum Gasteiger partial charge on any atom is -0.384 e. The Morgan fingerprint density at radius 1 is 1.55 bits per heavy atom. The van der Waals surface area contributed by atoms with Gasteiger partial charge in [-0.25, -0.2) is 0 Å². The van der Waals surface area contributed by atoms with E-state index in [9.17, 15) is 0 Å². The Labute approximate surface area is 67.3 Å². The maximum atomic E-state index is 7.31. The lowest BCUT2D eigenvalue weighted by atomic mass is 9.88. The summed E-state index contributed by atoms with van der Waals surface area (Å²) in [7, 11) is 0. The van der Waals surface area contributed by atoms with Gasteiger partial charge < -0.3 is 5.73 Å². The van der Waals surface area contributed by atoms with Crippen LogP contribution in [0.15, 0.2) is 23.3 Å². The molecule has 0 unspecified atom stereocenters. The van der Waals surface area contributed by atoms with Gasteiger partial charge in [0.05, 0.1) is 0 Å². The van der Waals surface area contributed by atoms with Crippen LogP contribution in [0.4, 0.5) is 0 Å². The van der Waals surface area contributed by atoms with Crippen LogP contribution in [0.2, 0.25) is 0 Å². The first kappa shape index (κ1) is 8.05. The molecule has 0 aromatic carbocycles. The molecule has 0 aromatic rings. The van der Waals surface area contributed by atoms with E-state index in [0.717, 1.165) is 30.4 Å². The summed E-state index contributed by atoms with van der Waals surface area (Å²) >= 11 is 0. The molecule has 3 N–H and O–H groups in total. The fraction of sp³-hybridized carbons (Fsp3) is 0.444. The van der Waals surface area contributed by atoms with E-state index in [2.05, 4.69) is 6.58 Å². The van der Waals surface area contributed by atoms with Crippen LogP contribution in [0.25, 0.3) is 0 Å². The van der Waals surface area contributed by atoms with Crippen LogP contribution in [0.5, 0.6) is 0 Å². The zero-order chi connectivity index (χ0) is 8.43. The first-order chi connectivity index (χ1) is 5.13. The molecule has 0 aromatic heterocycles. The van der Waals surface area contributed by atoms with Gasteiger partial charge in [0.25, 0.3) is 0 Å². The van der Waals surface area contributed by atoms with Crippen LogP contribution < -0.4 is 5.73 Å². The topological polar surface area (TPSA) is 49.9 Å². The number of hydrogen-bond acceptors (Lipinski definition) is 1. The lowest BCUT2D eigenvalue weighted by molar-refractivity contribution is 0.775. The number of nitrogens with two attached hydrogens (primary N) is 1. The highest BCUT2D eigenvalue weighted by Gasteiger charge is 2.14. The molecule has 0 saturated carbocycles. The van der Waals surface area contributed by atoms with Gasteiger partial charge in [0.1, 0.15) is 5.84 Å². The van der Waals surface area contributed by atoms with Gasteiger partial charge in [0, 0.05) is 5.57 Å². The summed E-state index contributed by atoms with van der Waals surface area (Å²) in [4.78, 5) is 0. The fourth-order valence-electron chi connectivity index (χ4n) is 1.54. The van der Waals surface area contributed by atoms with Crippen molar-refractivity contribution in [3.05, 3.63) is 23.3 Å². The normalized spacial score (nSPS) is 18.8. The molecule has 1 rings (SSSR count). The minimum absolute atomic E-state index is 0.173. The van der Waals surface area contributed by atoms with Gasteiger partial charge >= 0.3 is 0 Å². The molecule has 60 valence electrons. The van der Waals surface area contributed by atoms with Crippen molar-refractivity contribution in [3.63, 3.8) is 0 Å². The van der Waals surface area contributed by atoms with Gasteiger partial charge in [0.15, 0.2) is 0 Å². The monoisotopic (exact) mass is 150 g/mol. The highest BCUT2D eigenvalue weighted by molar-refractivity contribution is 5.99. The summed E-state index contributed by atoms with van der Waals surface area (Å²) in [6.07, 6.45) is 3.21. The summed E-state index contributed by atoms with van der Waals surface area (Å²) in [5.41, 5.74) is 8.56. The summed E-state index contributed by atoms with van der Waals surface area (Å²) < 4.78 is 0. The lowest BCUT2D eigenvalue weighted by Crippen LogP contribution is -2.18. The molecule has 0 amide bonds. The average molecular weight is 150 g/mol. The van der Waals surface area contributed by atoms with Crippen molar-refractivity contribution >= 4 is 5.84 Å². The number of rotatable bonds is 1. The van der Waals surface area contributed by atoms with E-state index in [1.807, 2.05) is 6.92 Å². The van der Waals surface area contributed by atoms with E-state index in [0.29, 0.717) is 0 Å². The van der Waals surface area contributed by atoms with E-state index >= 15 is 0 Å². The van der Waals surface area contributed by atoms with Crippen molar-refractivity contribution in [1.82, 2.24) is 0 Å². The predicted octanol–water partition coefficient (Wildman–Crippen LogP) is 1.98. The molecular weight excluding hydrogens is 136 g/mol. The van der Waals surface area contributed by atoms with Crippen LogP contribution >= 0.6 is 0 Å². The second kappa shape index (κ2) is 2.91. The summed E-state index contributed by atoms with van der Waals surface area (Å²) in [6.45, 7) is 5.92. The van der Waals surface area contributed by atoms with Crippen molar-refractivity contribution in [2.45, 2.75) is 26.2 Å². The molecule has 0 saturated heterocycles. The van der Waals surface area contributed by atoms with Gasteiger partial charge in [-0.2, -0.15) is 0 Å². The molecule has 11 heavy (non-hydrogen) atoms. The molecule has 0 heterocycles. The van der Waals surface area contributed by atoms with E-state index in [4.69, 9.17) is 11.1 Å². The van der Waals surface area contributed by atoms with Crippen LogP contribution in [0, 0.1) is 5.41 Å². The highest BCUT2D eigenvalue weighted by Crippen LogP contribution is 2.27. The molecular formula is C9H14N2. The van der Waals surface area contributed by atoms with Gasteiger partial charge in [-0.3, -0.25) is 5.41 Å². The Hall–Kier alpha value is -1.05. The van der Waals surface area contributed by atoms with Crippen molar-refractivity contribution in [1.29, 1.82) is 5.41 Å². The highest BCUT2D eigenvalue weighted by atomic mass is 14.7. The molecule has 0 radical (unpaired) electrons. The first-order valence-corrected chi connectivity index (χ1v) is 3.85. The lowest BCUT2D eigenvalue weighted by Gasteiger charge is -2.18. The molecule has 0 spiro atoms. The Morgan fingerprint density at radius 2 is 2.18 bits per heavy atom. The number of nitrogens with one attached hydrogen (secondary N) is 1. The third-order valence-corrected chi connectivity index (χ3v) is 2.08. The van der Waals surface area contributed by atoms with Gasteiger partial charge in [-0.15, -0.1) is 0 Å². The molecule has 0 bridgehead atoms. The van der Waals surface area contributed by atoms with Crippen LogP contribution in [-0.2, 0) is 0 Å². The number of amidine groups is 1. The first-order valence-electron chi connectivity index (χ1n) is 3.85. The van der Waals surface area contributed by atoms with E-state index in [1.54, 1.807) is 0 Å². The summed E-state index contributed by atoms with van der Waals surface area (Å²) in [5.74, 6) is 0.173. The van der Waals surface area contributed by atoms with E-state index in [-0.39, 0.29) is 5.84 Å².